The molecule has 1 atom stereocenters. The quantitative estimate of drug-likeness (QED) is 0.422. The number of aliphatic carboxylic acids is 1. The number of amides is 2. The van der Waals surface area contributed by atoms with E-state index in [1.165, 1.54) is 22.7 Å². The van der Waals surface area contributed by atoms with Crippen LogP contribution in [0.5, 0.6) is 0 Å². The van der Waals surface area contributed by atoms with Crippen LogP contribution in [0.3, 0.4) is 0 Å². The fourth-order valence-corrected chi connectivity index (χ4v) is 2.22. The molecular formula is C17H22F3N7O5. The Kier molecular flexibility index (Phi) is 9.52. The van der Waals surface area contributed by atoms with Crippen LogP contribution in [0.4, 0.5) is 13.2 Å². The molecule has 0 saturated carbocycles. The fraction of sp³-hybridized carbons (Fsp3) is 0.412. The molecule has 0 bridgehead atoms. The van der Waals surface area contributed by atoms with E-state index in [-0.39, 0.29) is 37.0 Å². The molecule has 0 saturated heterocycles. The molecule has 2 aromatic rings. The van der Waals surface area contributed by atoms with Crippen molar-refractivity contribution in [2.45, 2.75) is 32.2 Å². The van der Waals surface area contributed by atoms with Gasteiger partial charge in [0.15, 0.2) is 0 Å². The number of hydrogen-bond acceptors (Lipinski definition) is 7. The van der Waals surface area contributed by atoms with Crippen LogP contribution in [-0.2, 0) is 27.5 Å². The van der Waals surface area contributed by atoms with Gasteiger partial charge in [0, 0.05) is 32.1 Å². The molecular weight excluding hydrogens is 439 g/mol. The van der Waals surface area contributed by atoms with Gasteiger partial charge in [-0.15, -0.1) is 0 Å². The van der Waals surface area contributed by atoms with E-state index < -0.39 is 18.2 Å². The minimum Gasteiger partial charge on any atom is -0.475 e. The van der Waals surface area contributed by atoms with Gasteiger partial charge < -0.3 is 26.0 Å². The summed E-state index contributed by atoms with van der Waals surface area (Å²) in [7, 11) is 1.54. The molecule has 0 fully saturated rings. The number of carbonyl (C=O) groups excluding carboxylic acids is 2. The number of likely N-dealkylation sites (N-methyl/N-ethyl adjacent to an activating group) is 1. The molecule has 12 nitrogen and oxygen atoms in total. The van der Waals surface area contributed by atoms with E-state index in [9.17, 15) is 27.6 Å². The molecule has 5 N–H and O–H groups in total. The molecule has 2 aromatic heterocycles. The molecule has 2 heterocycles. The van der Waals surface area contributed by atoms with Crippen molar-refractivity contribution in [3.63, 3.8) is 0 Å². The van der Waals surface area contributed by atoms with Gasteiger partial charge in [0.05, 0.1) is 18.8 Å². The number of nitrogens with one attached hydrogen (secondary N) is 2. The normalized spacial score (nSPS) is 11.7. The lowest BCUT2D eigenvalue weighted by Crippen LogP contribution is -2.41. The van der Waals surface area contributed by atoms with Crippen molar-refractivity contribution >= 4 is 17.8 Å². The summed E-state index contributed by atoms with van der Waals surface area (Å²) in [5.74, 6) is -3.06. The summed E-state index contributed by atoms with van der Waals surface area (Å²) in [6, 6.07) is 2.51. The van der Waals surface area contributed by atoms with Crippen LogP contribution in [0.1, 0.15) is 24.5 Å². The number of aromatic amines is 1. The van der Waals surface area contributed by atoms with Gasteiger partial charge in [0.1, 0.15) is 11.9 Å². The molecule has 0 radical (unpaired) electrons. The first-order chi connectivity index (χ1) is 14.8. The third-order valence-corrected chi connectivity index (χ3v) is 3.78. The van der Waals surface area contributed by atoms with Crippen LogP contribution in [0.2, 0.25) is 0 Å². The monoisotopic (exact) mass is 461 g/mol. The Balaban J connectivity index is 0.000000633. The predicted molar refractivity (Wildman–Crippen MR) is 103 cm³/mol. The number of nitrogens with zero attached hydrogens (tertiary/aromatic N) is 4. The highest BCUT2D eigenvalue weighted by Crippen LogP contribution is 2.13. The molecule has 0 aliphatic heterocycles. The second-order valence-corrected chi connectivity index (χ2v) is 6.32. The van der Waals surface area contributed by atoms with Crippen molar-refractivity contribution in [2.24, 2.45) is 5.73 Å². The molecule has 0 aliphatic carbocycles. The first-order valence-electron chi connectivity index (χ1n) is 8.95. The number of H-pyrrole nitrogens is 1. The average molecular weight is 461 g/mol. The molecule has 32 heavy (non-hydrogen) atoms. The molecule has 176 valence electrons. The zero-order chi connectivity index (χ0) is 24.5. The fourth-order valence-electron chi connectivity index (χ4n) is 2.22. The maximum atomic E-state index is 12.3. The van der Waals surface area contributed by atoms with E-state index in [4.69, 9.17) is 15.6 Å². The number of alkyl halides is 3. The highest BCUT2D eigenvalue weighted by Gasteiger charge is 2.38. The zero-order valence-corrected chi connectivity index (χ0v) is 17.1. The minimum atomic E-state index is -5.08. The third kappa shape index (κ3) is 8.55. The second kappa shape index (κ2) is 11.6. The van der Waals surface area contributed by atoms with Crippen LogP contribution in [0.15, 0.2) is 29.3 Å². The molecule has 2 rings (SSSR count). The van der Waals surface area contributed by atoms with Crippen molar-refractivity contribution in [1.82, 2.24) is 30.0 Å². The Hall–Kier alpha value is -3.75. The van der Waals surface area contributed by atoms with E-state index in [1.807, 2.05) is 0 Å². The van der Waals surface area contributed by atoms with Gasteiger partial charge in [-0.3, -0.25) is 19.1 Å². The summed E-state index contributed by atoms with van der Waals surface area (Å²) in [6.45, 7) is 1.76. The predicted octanol–water partition coefficient (Wildman–Crippen LogP) is -0.606. The smallest absolute Gasteiger partial charge is 0.475 e. The van der Waals surface area contributed by atoms with E-state index >= 15 is 0 Å². The lowest BCUT2D eigenvalue weighted by atomic mass is 10.3. The average Bonchev–Trinajstić information content (AvgIpc) is 3.25. The van der Waals surface area contributed by atoms with Crippen molar-refractivity contribution in [3.05, 3.63) is 46.4 Å². The van der Waals surface area contributed by atoms with E-state index in [0.717, 1.165) is 0 Å². The SMILES string of the molecule is CC(C(=O)N(C)CC(=O)NCc1nc(CN)cc(=O)[nH]1)n1cccn1.O=C(O)C(F)(F)F. The lowest BCUT2D eigenvalue weighted by Gasteiger charge is -2.21. The minimum absolute atomic E-state index is 0.0403. The summed E-state index contributed by atoms with van der Waals surface area (Å²) in [5.41, 5.74) is 5.56. The highest BCUT2D eigenvalue weighted by molar-refractivity contribution is 5.86. The number of hydrogen-bond donors (Lipinski definition) is 4. The number of aromatic nitrogens is 4. The molecule has 0 aliphatic rings. The standard InChI is InChI=1S/C15H21N7O3.C2HF3O2/c1-10(22-5-3-4-18-22)15(25)21(2)9-14(24)17-8-12-19-11(7-16)6-13(23)20-12;3-2(4,5)1(6)7/h3-6,10H,7-9,16H2,1-2H3,(H,17,24)(H,19,20,23);(H,6,7). The van der Waals surface area contributed by atoms with Crippen LogP contribution in [0, 0.1) is 0 Å². The number of carbonyl (C=O) groups is 3. The van der Waals surface area contributed by atoms with E-state index in [0.29, 0.717) is 11.5 Å². The maximum absolute atomic E-state index is 12.3. The molecule has 0 spiro atoms. The number of carboxylic acid groups (broad SMARTS) is 1. The van der Waals surface area contributed by atoms with Crippen LogP contribution < -0.4 is 16.6 Å². The van der Waals surface area contributed by atoms with Crippen molar-refractivity contribution in [3.8, 4) is 0 Å². The topological polar surface area (TPSA) is 176 Å². The van der Waals surface area contributed by atoms with Gasteiger partial charge in [-0.1, -0.05) is 0 Å². The third-order valence-electron chi connectivity index (χ3n) is 3.78. The first kappa shape index (κ1) is 26.3. The molecule has 15 heteroatoms. The van der Waals surface area contributed by atoms with Gasteiger partial charge in [-0.2, -0.15) is 18.3 Å². The van der Waals surface area contributed by atoms with Crippen molar-refractivity contribution in [1.29, 1.82) is 0 Å². The Labute approximate surface area is 179 Å². The number of carboxylic acids is 1. The van der Waals surface area contributed by atoms with Gasteiger partial charge in [-0.25, -0.2) is 9.78 Å². The highest BCUT2D eigenvalue weighted by atomic mass is 19.4. The first-order valence-corrected chi connectivity index (χ1v) is 8.95. The Morgan fingerprint density at radius 3 is 2.50 bits per heavy atom. The van der Waals surface area contributed by atoms with Crippen LogP contribution in [-0.4, -0.2) is 67.3 Å². The zero-order valence-electron chi connectivity index (χ0n) is 17.1. The summed E-state index contributed by atoms with van der Waals surface area (Å²) in [4.78, 5) is 52.6. The summed E-state index contributed by atoms with van der Waals surface area (Å²) in [6.07, 6.45) is -1.82. The summed E-state index contributed by atoms with van der Waals surface area (Å²) in [5, 5.41) is 13.7. The lowest BCUT2D eigenvalue weighted by molar-refractivity contribution is -0.192. The summed E-state index contributed by atoms with van der Waals surface area (Å²) < 4.78 is 33.3. The Morgan fingerprint density at radius 2 is 2.00 bits per heavy atom. The largest absolute Gasteiger partial charge is 0.490 e. The Bertz CT molecular complexity index is 976. The van der Waals surface area contributed by atoms with Crippen molar-refractivity contribution in [2.75, 3.05) is 13.6 Å². The number of rotatable bonds is 7. The van der Waals surface area contributed by atoms with Gasteiger partial charge >= 0.3 is 12.1 Å². The Morgan fingerprint density at radius 1 is 1.38 bits per heavy atom. The number of nitrogens with two attached hydrogens (primary N) is 1. The molecule has 2 amide bonds. The molecule has 1 unspecified atom stereocenters. The second-order valence-electron chi connectivity index (χ2n) is 6.32. The van der Waals surface area contributed by atoms with Gasteiger partial charge in [-0.05, 0) is 13.0 Å². The summed E-state index contributed by atoms with van der Waals surface area (Å²) >= 11 is 0. The molecule has 0 aromatic carbocycles. The van der Waals surface area contributed by atoms with E-state index in [2.05, 4.69) is 20.4 Å². The van der Waals surface area contributed by atoms with E-state index in [1.54, 1.807) is 25.4 Å². The van der Waals surface area contributed by atoms with Gasteiger partial charge in [0.25, 0.3) is 5.56 Å². The van der Waals surface area contributed by atoms with Crippen molar-refractivity contribution < 1.29 is 32.7 Å². The van der Waals surface area contributed by atoms with Gasteiger partial charge in [0.2, 0.25) is 11.8 Å². The van der Waals surface area contributed by atoms with Crippen LogP contribution in [0.25, 0.3) is 0 Å². The maximum Gasteiger partial charge on any atom is 0.490 e. The van der Waals surface area contributed by atoms with Crippen LogP contribution >= 0.6 is 0 Å². The number of halogens is 3.